The third-order valence-electron chi connectivity index (χ3n) is 8.21. The minimum atomic E-state index is -1.40. The maximum Gasteiger partial charge on any atom is 0.295 e. The number of hydrogen-bond donors (Lipinski definition) is 0. The first kappa shape index (κ1) is 21.6. The van der Waals surface area contributed by atoms with E-state index in [1.54, 1.807) is 0 Å². The van der Waals surface area contributed by atoms with E-state index in [4.69, 9.17) is 0 Å². The normalized spacial score (nSPS) is 18.7. The second kappa shape index (κ2) is 8.11. The smallest absolute Gasteiger partial charge is 0.295 e. The van der Waals surface area contributed by atoms with Crippen LogP contribution in [0.15, 0.2) is 121 Å². The molecule has 0 spiro atoms. The van der Waals surface area contributed by atoms with Crippen molar-refractivity contribution < 1.29 is 0 Å². The van der Waals surface area contributed by atoms with E-state index < -0.39 is 6.28 Å². The van der Waals surface area contributed by atoms with Crippen LogP contribution in [-0.2, 0) is 0 Å². The molecule has 6 rings (SSSR count). The number of hydrogen-bond acceptors (Lipinski definition) is 0. The van der Waals surface area contributed by atoms with Gasteiger partial charge < -0.3 is 4.39 Å². The molecule has 1 nitrogen and oxygen atoms in total. The van der Waals surface area contributed by atoms with Crippen LogP contribution in [0.25, 0.3) is 22.3 Å². The standard InChI is InChI=1S/C33H30BN/c1-25-17-21-31(22-18-25)34(30-14-5-4-6-15-30)32(24-29-13-9-10-16-33(29)35(34,2)3)28-20-19-26-11-7-8-12-27(26)23-28/h4-24H,1-3H3. The molecule has 170 valence electrons. The Morgan fingerprint density at radius 2 is 1.20 bits per heavy atom. The first-order chi connectivity index (χ1) is 17.0. The predicted molar refractivity (Wildman–Crippen MR) is 155 cm³/mol. The number of aryl methyl sites for hydroxylation is 1. The predicted octanol–water partition coefficient (Wildman–Crippen LogP) is 6.57. The highest BCUT2D eigenvalue weighted by atomic mass is 15.3. The van der Waals surface area contributed by atoms with Gasteiger partial charge in [0.2, 0.25) is 0 Å². The summed E-state index contributed by atoms with van der Waals surface area (Å²) in [4.78, 5) is 0. The maximum atomic E-state index is 2.45. The van der Waals surface area contributed by atoms with Gasteiger partial charge in [0.25, 0.3) is 6.28 Å². The third kappa shape index (κ3) is 3.21. The average Bonchev–Trinajstić information content (AvgIpc) is 2.89. The van der Waals surface area contributed by atoms with Crippen LogP contribution in [0.5, 0.6) is 0 Å². The number of benzene rings is 5. The van der Waals surface area contributed by atoms with Crippen LogP contribution in [-0.4, -0.2) is 20.4 Å². The summed E-state index contributed by atoms with van der Waals surface area (Å²) >= 11 is 0. The number of quaternary nitrogens is 1. The van der Waals surface area contributed by atoms with E-state index in [9.17, 15) is 0 Å². The molecule has 0 saturated carbocycles. The van der Waals surface area contributed by atoms with Crippen LogP contribution in [0.1, 0.15) is 16.7 Å². The van der Waals surface area contributed by atoms with Crippen LogP contribution in [0.4, 0.5) is 5.69 Å². The van der Waals surface area contributed by atoms with Gasteiger partial charge in [-0.05, 0) is 29.8 Å². The third-order valence-corrected chi connectivity index (χ3v) is 8.21. The molecule has 35 heavy (non-hydrogen) atoms. The Morgan fingerprint density at radius 3 is 1.97 bits per heavy atom. The molecule has 5 aromatic rings. The van der Waals surface area contributed by atoms with Gasteiger partial charge in [-0.25, -0.2) is 0 Å². The van der Waals surface area contributed by atoms with Gasteiger partial charge in [0.1, 0.15) is 0 Å². The molecule has 0 saturated heterocycles. The highest BCUT2D eigenvalue weighted by Gasteiger charge is 2.51. The molecule has 0 N–H and O–H groups in total. The van der Waals surface area contributed by atoms with E-state index in [1.165, 1.54) is 49.5 Å². The van der Waals surface area contributed by atoms with Crippen molar-refractivity contribution in [2.45, 2.75) is 6.92 Å². The lowest BCUT2D eigenvalue weighted by atomic mass is 9.20. The zero-order chi connectivity index (χ0) is 24.0. The molecule has 1 unspecified atom stereocenters. The second-order valence-corrected chi connectivity index (χ2v) is 10.4. The molecule has 0 fully saturated rings. The number of fused-ring (bicyclic) bond motifs is 2. The molecule has 0 aliphatic carbocycles. The van der Waals surface area contributed by atoms with Crippen molar-refractivity contribution in [3.8, 4) is 0 Å². The zero-order valence-corrected chi connectivity index (χ0v) is 20.6. The Bertz CT molecular complexity index is 1560. The topological polar surface area (TPSA) is 0 Å². The molecule has 0 bridgehead atoms. The zero-order valence-electron chi connectivity index (χ0n) is 20.6. The highest BCUT2D eigenvalue weighted by Crippen LogP contribution is 2.44. The van der Waals surface area contributed by atoms with E-state index in [-0.39, 0.29) is 0 Å². The Balaban J connectivity index is 1.77. The molecule has 0 amide bonds. The SMILES string of the molecule is Cc1ccc([B-]2(c3ccccc3)C(c3ccc4ccccc4c3)=Cc3ccccc3[N+]2(C)C)cc1. The first-order valence-corrected chi connectivity index (χ1v) is 12.4. The summed E-state index contributed by atoms with van der Waals surface area (Å²) in [6.45, 7) is 2.17. The molecule has 1 heterocycles. The van der Waals surface area contributed by atoms with Crippen LogP contribution in [0, 0.1) is 6.92 Å². The lowest BCUT2D eigenvalue weighted by molar-refractivity contribution is 0.611. The van der Waals surface area contributed by atoms with Crippen molar-refractivity contribution in [2.24, 2.45) is 0 Å². The monoisotopic (exact) mass is 451 g/mol. The number of nitrogens with zero attached hydrogens (tertiary/aromatic N) is 1. The summed E-state index contributed by atoms with van der Waals surface area (Å²) in [5.74, 6) is 0. The lowest BCUT2D eigenvalue weighted by Crippen LogP contribution is -2.79. The highest BCUT2D eigenvalue weighted by molar-refractivity contribution is 7.16. The molecule has 5 aromatic carbocycles. The fraction of sp³-hybridized carbons (Fsp3) is 0.0909. The number of rotatable bonds is 3. The van der Waals surface area contributed by atoms with Gasteiger partial charge in [0.05, 0.1) is 5.69 Å². The molecule has 1 aliphatic rings. The van der Waals surface area contributed by atoms with E-state index in [1.807, 2.05) is 0 Å². The summed E-state index contributed by atoms with van der Waals surface area (Å²) in [5, 5.41) is 2.55. The van der Waals surface area contributed by atoms with Crippen molar-refractivity contribution in [1.82, 2.24) is 4.39 Å². The quantitative estimate of drug-likeness (QED) is 0.272. The molecule has 1 atom stereocenters. The molecule has 2 heteroatoms. The Hall–Kier alpha value is -3.88. The Labute approximate surface area is 208 Å². The summed E-state index contributed by atoms with van der Waals surface area (Å²) in [7, 11) is 4.78. The van der Waals surface area contributed by atoms with Gasteiger partial charge in [-0.15, -0.1) is 16.4 Å². The van der Waals surface area contributed by atoms with Gasteiger partial charge in [-0.3, -0.25) is 0 Å². The largest absolute Gasteiger partial charge is 0.474 e. The first-order valence-electron chi connectivity index (χ1n) is 12.4. The molecular formula is C33H30BN. The van der Waals surface area contributed by atoms with Gasteiger partial charge >= 0.3 is 0 Å². The second-order valence-electron chi connectivity index (χ2n) is 10.4. The van der Waals surface area contributed by atoms with Crippen LogP contribution in [0.3, 0.4) is 0 Å². The van der Waals surface area contributed by atoms with E-state index in [0.717, 1.165) is 4.39 Å². The van der Waals surface area contributed by atoms with Crippen molar-refractivity contribution in [1.29, 1.82) is 0 Å². The van der Waals surface area contributed by atoms with Crippen LogP contribution < -0.4 is 15.3 Å². The molecule has 1 aliphatic heterocycles. The van der Waals surface area contributed by atoms with Crippen LogP contribution >= 0.6 is 0 Å². The van der Waals surface area contributed by atoms with Gasteiger partial charge in [-0.2, -0.15) is 0 Å². The molecule has 0 radical (unpaired) electrons. The van der Waals surface area contributed by atoms with E-state index in [0.29, 0.717) is 0 Å². The van der Waals surface area contributed by atoms with Crippen molar-refractivity contribution in [3.05, 3.63) is 138 Å². The number of para-hydroxylation sites is 1. The maximum absolute atomic E-state index is 2.45. The van der Waals surface area contributed by atoms with Crippen LogP contribution in [0.2, 0.25) is 0 Å². The summed E-state index contributed by atoms with van der Waals surface area (Å²) in [5.41, 5.74) is 9.31. The fourth-order valence-electron chi connectivity index (χ4n) is 6.55. The van der Waals surface area contributed by atoms with Gasteiger partial charge in [0, 0.05) is 19.7 Å². The Kier molecular flexibility index (Phi) is 5.02. The minimum absolute atomic E-state index is 0.752. The summed E-state index contributed by atoms with van der Waals surface area (Å²) in [6, 6.07) is 44.9. The average molecular weight is 451 g/mol. The fourth-order valence-corrected chi connectivity index (χ4v) is 6.55. The minimum Gasteiger partial charge on any atom is -0.474 e. The summed E-state index contributed by atoms with van der Waals surface area (Å²) < 4.78 is 0.752. The van der Waals surface area contributed by atoms with E-state index >= 15 is 0 Å². The van der Waals surface area contributed by atoms with Crippen molar-refractivity contribution >= 4 is 45.2 Å². The summed E-state index contributed by atoms with van der Waals surface area (Å²) in [6.07, 6.45) is 1.05. The van der Waals surface area contributed by atoms with Crippen molar-refractivity contribution in [3.63, 3.8) is 0 Å². The molecule has 0 aromatic heterocycles. The Morgan fingerprint density at radius 1 is 0.571 bits per heavy atom. The van der Waals surface area contributed by atoms with Gasteiger partial charge in [0.15, 0.2) is 0 Å². The van der Waals surface area contributed by atoms with E-state index in [2.05, 4.69) is 148 Å². The van der Waals surface area contributed by atoms with Gasteiger partial charge in [-0.1, -0.05) is 126 Å². The van der Waals surface area contributed by atoms with Crippen molar-refractivity contribution in [2.75, 3.05) is 14.1 Å². The lowest BCUT2D eigenvalue weighted by Gasteiger charge is -2.60. The molecular weight excluding hydrogens is 421 g/mol.